The van der Waals surface area contributed by atoms with E-state index in [1.807, 2.05) is 52.8 Å². The van der Waals surface area contributed by atoms with E-state index in [-0.39, 0.29) is 12.5 Å². The fourth-order valence-corrected chi connectivity index (χ4v) is 2.04. The van der Waals surface area contributed by atoms with E-state index in [1.54, 1.807) is 6.08 Å². The van der Waals surface area contributed by atoms with E-state index in [9.17, 15) is 9.59 Å². The molecule has 0 saturated carbocycles. The van der Waals surface area contributed by atoms with Gasteiger partial charge in [-0.25, -0.2) is 0 Å². The van der Waals surface area contributed by atoms with Crippen LogP contribution < -0.4 is 0 Å². The van der Waals surface area contributed by atoms with Crippen molar-refractivity contribution < 1.29 is 14.7 Å². The van der Waals surface area contributed by atoms with Gasteiger partial charge in [0.15, 0.2) is 0 Å². The lowest BCUT2D eigenvalue weighted by Gasteiger charge is -2.33. The Balaban J connectivity index is 2.95. The van der Waals surface area contributed by atoms with Gasteiger partial charge in [0, 0.05) is 11.6 Å². The maximum absolute atomic E-state index is 12.3. The van der Waals surface area contributed by atoms with Crippen molar-refractivity contribution in [3.63, 3.8) is 0 Å². The van der Waals surface area contributed by atoms with Gasteiger partial charge in [0.25, 0.3) is 0 Å². The Morgan fingerprint density at radius 2 is 1.86 bits per heavy atom. The zero-order chi connectivity index (χ0) is 16.2. The average molecular weight is 289 g/mol. The van der Waals surface area contributed by atoms with Gasteiger partial charge in [-0.1, -0.05) is 23.8 Å². The molecule has 4 heteroatoms. The smallest absolute Gasteiger partial charge is 0.323 e. The zero-order valence-corrected chi connectivity index (χ0v) is 13.3. The number of carboxylic acids is 1. The Morgan fingerprint density at radius 1 is 1.24 bits per heavy atom. The highest BCUT2D eigenvalue weighted by Gasteiger charge is 2.26. The van der Waals surface area contributed by atoms with Gasteiger partial charge in [0.2, 0.25) is 5.91 Å². The highest BCUT2D eigenvalue weighted by molar-refractivity contribution is 5.94. The maximum atomic E-state index is 12.3. The largest absolute Gasteiger partial charge is 0.480 e. The first-order valence-corrected chi connectivity index (χ1v) is 6.90. The number of amides is 1. The van der Waals surface area contributed by atoms with E-state index < -0.39 is 11.5 Å². The first kappa shape index (κ1) is 17.0. The molecule has 1 amide bonds. The summed E-state index contributed by atoms with van der Waals surface area (Å²) < 4.78 is 0. The lowest BCUT2D eigenvalue weighted by atomic mass is 10.0. The van der Waals surface area contributed by atoms with Crippen molar-refractivity contribution >= 4 is 18.0 Å². The number of hydrogen-bond donors (Lipinski definition) is 1. The number of benzene rings is 1. The van der Waals surface area contributed by atoms with Crippen molar-refractivity contribution in [1.82, 2.24) is 4.90 Å². The van der Waals surface area contributed by atoms with Crippen LogP contribution in [0.5, 0.6) is 0 Å². The highest BCUT2D eigenvalue weighted by atomic mass is 16.4. The highest BCUT2D eigenvalue weighted by Crippen LogP contribution is 2.16. The molecule has 4 nitrogen and oxygen atoms in total. The number of carbonyl (C=O) groups is 2. The Hall–Kier alpha value is -2.10. The van der Waals surface area contributed by atoms with E-state index in [2.05, 4.69) is 0 Å². The van der Waals surface area contributed by atoms with Crippen LogP contribution >= 0.6 is 0 Å². The fourth-order valence-electron chi connectivity index (χ4n) is 2.04. The molecule has 1 rings (SSSR count). The van der Waals surface area contributed by atoms with Crippen LogP contribution in [-0.2, 0) is 9.59 Å². The third kappa shape index (κ3) is 5.06. The number of aliphatic carboxylic acids is 1. The van der Waals surface area contributed by atoms with Crippen molar-refractivity contribution in [2.45, 2.75) is 40.2 Å². The average Bonchev–Trinajstić information content (AvgIpc) is 2.33. The molecule has 0 saturated heterocycles. The van der Waals surface area contributed by atoms with Crippen LogP contribution in [0.15, 0.2) is 24.3 Å². The van der Waals surface area contributed by atoms with Crippen LogP contribution in [0, 0.1) is 13.8 Å². The summed E-state index contributed by atoms with van der Waals surface area (Å²) in [6.45, 7) is 9.14. The zero-order valence-electron chi connectivity index (χ0n) is 13.3. The predicted molar refractivity (Wildman–Crippen MR) is 84.1 cm³/mol. The van der Waals surface area contributed by atoms with Crippen LogP contribution in [0.3, 0.4) is 0 Å². The molecular weight excluding hydrogens is 266 g/mol. The van der Waals surface area contributed by atoms with Gasteiger partial charge in [-0.2, -0.15) is 0 Å². The molecule has 0 heterocycles. The third-order valence-electron chi connectivity index (χ3n) is 3.20. The van der Waals surface area contributed by atoms with Gasteiger partial charge in [-0.3, -0.25) is 9.59 Å². The molecule has 21 heavy (non-hydrogen) atoms. The van der Waals surface area contributed by atoms with Crippen LogP contribution in [0.4, 0.5) is 0 Å². The first-order chi connectivity index (χ1) is 9.61. The van der Waals surface area contributed by atoms with Crippen molar-refractivity contribution in [2.75, 3.05) is 6.54 Å². The summed E-state index contributed by atoms with van der Waals surface area (Å²) >= 11 is 0. The molecule has 0 unspecified atom stereocenters. The number of aryl methyl sites for hydroxylation is 2. The molecule has 114 valence electrons. The Morgan fingerprint density at radius 3 is 2.33 bits per heavy atom. The summed E-state index contributed by atoms with van der Waals surface area (Å²) in [4.78, 5) is 24.5. The van der Waals surface area contributed by atoms with E-state index in [1.165, 1.54) is 11.0 Å². The molecule has 0 fully saturated rings. The minimum absolute atomic E-state index is 0.301. The Bertz CT molecular complexity index is 568. The van der Waals surface area contributed by atoms with Crippen molar-refractivity contribution in [1.29, 1.82) is 0 Å². The monoisotopic (exact) mass is 289 g/mol. The predicted octanol–water partition coefficient (Wildman–Crippen LogP) is 3.03. The molecule has 0 aliphatic carbocycles. The van der Waals surface area contributed by atoms with Crippen molar-refractivity contribution in [2.24, 2.45) is 0 Å². The molecule has 0 aliphatic rings. The van der Waals surface area contributed by atoms with Crippen LogP contribution in [0.2, 0.25) is 0 Å². The number of carbonyl (C=O) groups excluding carboxylic acids is 1. The first-order valence-electron chi connectivity index (χ1n) is 6.90. The van der Waals surface area contributed by atoms with E-state index in [0.717, 1.165) is 16.7 Å². The molecule has 1 aromatic carbocycles. The molecule has 0 radical (unpaired) electrons. The van der Waals surface area contributed by atoms with Gasteiger partial charge in [-0.05, 0) is 51.8 Å². The number of rotatable bonds is 4. The van der Waals surface area contributed by atoms with Gasteiger partial charge in [0.05, 0.1) is 0 Å². The van der Waals surface area contributed by atoms with Crippen LogP contribution in [0.1, 0.15) is 37.5 Å². The summed E-state index contributed by atoms with van der Waals surface area (Å²) in [7, 11) is 0. The molecular formula is C17H23NO3. The molecule has 0 bridgehead atoms. The molecule has 0 aromatic heterocycles. The van der Waals surface area contributed by atoms with Crippen molar-refractivity contribution in [3.05, 3.63) is 41.0 Å². The number of hydrogen-bond acceptors (Lipinski definition) is 2. The number of nitrogens with zero attached hydrogens (tertiary/aromatic N) is 1. The van der Waals surface area contributed by atoms with Crippen molar-refractivity contribution in [3.8, 4) is 0 Å². The summed E-state index contributed by atoms with van der Waals surface area (Å²) in [5.41, 5.74) is 2.66. The topological polar surface area (TPSA) is 57.6 Å². The minimum atomic E-state index is -1.02. The quantitative estimate of drug-likeness (QED) is 0.867. The van der Waals surface area contributed by atoms with E-state index in [4.69, 9.17) is 5.11 Å². The van der Waals surface area contributed by atoms with Gasteiger partial charge in [0.1, 0.15) is 6.54 Å². The molecule has 1 N–H and O–H groups in total. The standard InChI is InChI=1S/C17H23NO3/c1-12-6-7-14(13(2)10-12)8-9-15(19)18(11-16(20)21)17(3,4)5/h6-10H,11H2,1-5H3,(H,20,21). The minimum Gasteiger partial charge on any atom is -0.480 e. The second kappa shape index (κ2) is 6.57. The Labute approximate surface area is 126 Å². The van der Waals surface area contributed by atoms with E-state index in [0.29, 0.717) is 0 Å². The maximum Gasteiger partial charge on any atom is 0.323 e. The lowest BCUT2D eigenvalue weighted by molar-refractivity contribution is -0.145. The van der Waals surface area contributed by atoms with Crippen LogP contribution in [0.25, 0.3) is 6.08 Å². The Kier molecular flexibility index (Phi) is 5.30. The SMILES string of the molecule is Cc1ccc(C=CC(=O)N(CC(=O)O)C(C)(C)C)c(C)c1. The summed E-state index contributed by atoms with van der Waals surface area (Å²) in [6.07, 6.45) is 3.17. The number of carboxylic acid groups (broad SMARTS) is 1. The van der Waals surface area contributed by atoms with Crippen LogP contribution in [-0.4, -0.2) is 34.0 Å². The second-order valence-corrected chi connectivity index (χ2v) is 6.18. The van der Waals surface area contributed by atoms with Gasteiger partial charge in [-0.15, -0.1) is 0 Å². The normalized spacial score (nSPS) is 11.7. The van der Waals surface area contributed by atoms with E-state index >= 15 is 0 Å². The van der Waals surface area contributed by atoms with Gasteiger partial charge < -0.3 is 10.0 Å². The fraction of sp³-hybridized carbons (Fsp3) is 0.412. The lowest BCUT2D eigenvalue weighted by Crippen LogP contribution is -2.47. The summed E-state index contributed by atoms with van der Waals surface area (Å²) in [5, 5.41) is 8.94. The molecule has 0 atom stereocenters. The second-order valence-electron chi connectivity index (χ2n) is 6.18. The molecule has 0 aliphatic heterocycles. The summed E-state index contributed by atoms with van der Waals surface area (Å²) in [6, 6.07) is 5.98. The third-order valence-corrected chi connectivity index (χ3v) is 3.20. The molecule has 1 aromatic rings. The summed E-state index contributed by atoms with van der Waals surface area (Å²) in [5.74, 6) is -1.32. The molecule has 0 spiro atoms. The van der Waals surface area contributed by atoms with Gasteiger partial charge >= 0.3 is 5.97 Å².